The third kappa shape index (κ3) is 4.75. The van der Waals surface area contributed by atoms with E-state index < -0.39 is 21.7 Å². The summed E-state index contributed by atoms with van der Waals surface area (Å²) >= 11 is 0. The van der Waals surface area contributed by atoms with Crippen LogP contribution in [0, 0.1) is 34.1 Å². The molecule has 0 aliphatic carbocycles. The van der Waals surface area contributed by atoms with Gasteiger partial charge in [-0.05, 0) is 38.1 Å². The van der Waals surface area contributed by atoms with Crippen LogP contribution in [0.4, 0.5) is 22.7 Å². The van der Waals surface area contributed by atoms with E-state index in [1.54, 1.807) is 38.1 Å². The van der Waals surface area contributed by atoms with Crippen LogP contribution in [0.2, 0.25) is 0 Å². The van der Waals surface area contributed by atoms with Crippen LogP contribution in [0.5, 0.6) is 0 Å². The first-order valence-corrected chi connectivity index (χ1v) is 9.39. The summed E-state index contributed by atoms with van der Waals surface area (Å²) in [4.78, 5) is 46.4. The Labute approximate surface area is 182 Å². The topological polar surface area (TPSA) is 144 Å². The Morgan fingerprint density at radius 1 is 0.688 bits per heavy atom. The van der Waals surface area contributed by atoms with Gasteiger partial charge in [-0.2, -0.15) is 0 Å². The van der Waals surface area contributed by atoms with Crippen molar-refractivity contribution in [2.24, 2.45) is 0 Å². The molecule has 2 amide bonds. The summed E-state index contributed by atoms with van der Waals surface area (Å²) in [5.41, 5.74) is 1.17. The fourth-order valence-corrected chi connectivity index (χ4v) is 2.98. The molecule has 10 nitrogen and oxygen atoms in total. The van der Waals surface area contributed by atoms with Gasteiger partial charge in [0.2, 0.25) is 0 Å². The molecular weight excluding hydrogens is 416 g/mol. The number of hydrogen-bond donors (Lipinski definition) is 2. The molecule has 3 aromatic rings. The number of benzene rings is 3. The molecule has 0 radical (unpaired) electrons. The molecule has 0 spiro atoms. The minimum absolute atomic E-state index is 0.0811. The van der Waals surface area contributed by atoms with Crippen LogP contribution in [0.3, 0.4) is 0 Å². The Hall–Kier alpha value is -4.60. The standard InChI is InChI=1S/C22H18N4O6/c1-13-7-9-15(11-19(13)25(29)30)21(27)23-17-5-3-4-6-18(17)24-22(28)16-10-8-14(2)20(12-16)26(31)32/h3-12H,1-2H3,(H,23,27)(H,24,28). The van der Waals surface area contributed by atoms with Gasteiger partial charge in [0.15, 0.2) is 0 Å². The van der Waals surface area contributed by atoms with Crippen LogP contribution < -0.4 is 10.6 Å². The van der Waals surface area contributed by atoms with Crippen LogP contribution in [-0.4, -0.2) is 21.7 Å². The first-order valence-electron chi connectivity index (χ1n) is 9.39. The number of hydrogen-bond acceptors (Lipinski definition) is 6. The summed E-state index contributed by atoms with van der Waals surface area (Å²) in [6, 6.07) is 14.6. The molecule has 10 heteroatoms. The lowest BCUT2D eigenvalue weighted by molar-refractivity contribution is -0.385. The van der Waals surface area contributed by atoms with Gasteiger partial charge >= 0.3 is 0 Å². The van der Waals surface area contributed by atoms with Crippen molar-refractivity contribution in [3.05, 3.63) is 103 Å². The predicted octanol–water partition coefficient (Wildman–Crippen LogP) is 4.62. The van der Waals surface area contributed by atoms with Gasteiger partial charge in [0.1, 0.15) is 0 Å². The molecule has 162 valence electrons. The highest BCUT2D eigenvalue weighted by Gasteiger charge is 2.18. The average molecular weight is 434 g/mol. The van der Waals surface area contributed by atoms with Crippen LogP contribution in [0.15, 0.2) is 60.7 Å². The van der Waals surface area contributed by atoms with Crippen molar-refractivity contribution in [3.8, 4) is 0 Å². The van der Waals surface area contributed by atoms with Crippen LogP contribution >= 0.6 is 0 Å². The van der Waals surface area contributed by atoms with E-state index in [1.807, 2.05) is 0 Å². The number of nitro groups is 2. The maximum Gasteiger partial charge on any atom is 0.273 e. The smallest absolute Gasteiger partial charge is 0.273 e. The van der Waals surface area contributed by atoms with E-state index in [9.17, 15) is 29.8 Å². The Morgan fingerprint density at radius 3 is 1.41 bits per heavy atom. The zero-order valence-corrected chi connectivity index (χ0v) is 17.1. The number of nitrogens with one attached hydrogen (secondary N) is 2. The number of nitro benzene ring substituents is 2. The monoisotopic (exact) mass is 434 g/mol. The molecule has 0 saturated heterocycles. The van der Waals surface area contributed by atoms with Crippen molar-refractivity contribution in [2.75, 3.05) is 10.6 Å². The lowest BCUT2D eigenvalue weighted by atomic mass is 10.1. The Morgan fingerprint density at radius 2 is 1.06 bits per heavy atom. The molecule has 0 aromatic heterocycles. The van der Waals surface area contributed by atoms with Gasteiger partial charge in [0.25, 0.3) is 23.2 Å². The SMILES string of the molecule is Cc1ccc(C(=O)Nc2ccccc2NC(=O)c2ccc(C)c([N+](=O)[O-])c2)cc1[N+](=O)[O-]. The summed E-state index contributed by atoms with van der Waals surface area (Å²) in [6.45, 7) is 3.14. The molecule has 2 N–H and O–H groups in total. The quantitative estimate of drug-likeness (QED) is 0.428. The highest BCUT2D eigenvalue weighted by Crippen LogP contribution is 2.25. The highest BCUT2D eigenvalue weighted by atomic mass is 16.6. The number of nitrogens with zero attached hydrogens (tertiary/aromatic N) is 2. The molecule has 0 aliphatic rings. The summed E-state index contributed by atoms with van der Waals surface area (Å²) < 4.78 is 0. The summed E-state index contributed by atoms with van der Waals surface area (Å²) in [5, 5.41) is 27.5. The number of aryl methyl sites for hydroxylation is 2. The lowest BCUT2D eigenvalue weighted by Gasteiger charge is -2.13. The molecular formula is C22H18N4O6. The van der Waals surface area contributed by atoms with Gasteiger partial charge in [-0.3, -0.25) is 29.8 Å². The van der Waals surface area contributed by atoms with Crippen LogP contribution in [0.1, 0.15) is 31.8 Å². The van der Waals surface area contributed by atoms with E-state index in [0.29, 0.717) is 11.1 Å². The number of anilines is 2. The zero-order valence-electron chi connectivity index (χ0n) is 17.1. The molecule has 3 aromatic carbocycles. The summed E-state index contributed by atoms with van der Waals surface area (Å²) in [5.74, 6) is -1.19. The lowest BCUT2D eigenvalue weighted by Crippen LogP contribution is -2.17. The molecule has 0 bridgehead atoms. The Kier molecular flexibility index (Phi) is 6.24. The van der Waals surface area contributed by atoms with Gasteiger partial charge in [-0.15, -0.1) is 0 Å². The first-order chi connectivity index (χ1) is 15.2. The van der Waals surface area contributed by atoms with Crippen molar-refractivity contribution in [1.82, 2.24) is 0 Å². The second-order valence-electron chi connectivity index (χ2n) is 6.97. The molecule has 32 heavy (non-hydrogen) atoms. The Balaban J connectivity index is 1.84. The van der Waals surface area contributed by atoms with Crippen LogP contribution in [0.25, 0.3) is 0 Å². The van der Waals surface area contributed by atoms with Crippen molar-refractivity contribution in [2.45, 2.75) is 13.8 Å². The van der Waals surface area contributed by atoms with Gasteiger partial charge in [-0.1, -0.05) is 24.3 Å². The predicted molar refractivity (Wildman–Crippen MR) is 118 cm³/mol. The second kappa shape index (κ2) is 9.04. The second-order valence-corrected chi connectivity index (χ2v) is 6.97. The maximum atomic E-state index is 12.6. The van der Waals surface area contributed by atoms with E-state index in [2.05, 4.69) is 10.6 Å². The third-order valence-corrected chi connectivity index (χ3v) is 4.76. The molecule has 3 rings (SSSR count). The van der Waals surface area contributed by atoms with Crippen molar-refractivity contribution >= 4 is 34.6 Å². The highest BCUT2D eigenvalue weighted by molar-refractivity contribution is 6.10. The fourth-order valence-electron chi connectivity index (χ4n) is 2.98. The van der Waals surface area contributed by atoms with Crippen molar-refractivity contribution in [1.29, 1.82) is 0 Å². The van der Waals surface area contributed by atoms with Gasteiger partial charge < -0.3 is 10.6 Å². The van der Waals surface area contributed by atoms with E-state index in [-0.39, 0.29) is 33.9 Å². The van der Waals surface area contributed by atoms with Crippen molar-refractivity contribution < 1.29 is 19.4 Å². The number of rotatable bonds is 6. The average Bonchev–Trinajstić information content (AvgIpc) is 2.75. The van der Waals surface area contributed by atoms with E-state index in [0.717, 1.165) is 0 Å². The van der Waals surface area contributed by atoms with E-state index >= 15 is 0 Å². The van der Waals surface area contributed by atoms with Gasteiger partial charge in [0, 0.05) is 34.4 Å². The number of carbonyl (C=O) groups is 2. The third-order valence-electron chi connectivity index (χ3n) is 4.76. The number of amides is 2. The molecule has 0 atom stereocenters. The number of carbonyl (C=O) groups excluding carboxylic acids is 2. The summed E-state index contributed by atoms with van der Waals surface area (Å²) in [7, 11) is 0. The fraction of sp³-hybridized carbons (Fsp3) is 0.0909. The minimum atomic E-state index is -0.597. The normalized spacial score (nSPS) is 10.3. The summed E-state index contributed by atoms with van der Waals surface area (Å²) in [6.07, 6.45) is 0. The Bertz CT molecular complexity index is 1160. The first kappa shape index (κ1) is 22.1. The minimum Gasteiger partial charge on any atom is -0.320 e. The van der Waals surface area contributed by atoms with Gasteiger partial charge in [-0.25, -0.2) is 0 Å². The van der Waals surface area contributed by atoms with Gasteiger partial charge in [0.05, 0.1) is 21.2 Å². The number of para-hydroxylation sites is 2. The molecule has 0 fully saturated rings. The molecule has 0 unspecified atom stereocenters. The molecule has 0 aliphatic heterocycles. The largest absolute Gasteiger partial charge is 0.320 e. The van der Waals surface area contributed by atoms with E-state index in [4.69, 9.17) is 0 Å². The zero-order chi connectivity index (χ0) is 23.4. The maximum absolute atomic E-state index is 12.6. The molecule has 0 saturated carbocycles. The van der Waals surface area contributed by atoms with Crippen LogP contribution in [-0.2, 0) is 0 Å². The molecule has 0 heterocycles. The van der Waals surface area contributed by atoms with Crippen molar-refractivity contribution in [3.63, 3.8) is 0 Å². The van der Waals surface area contributed by atoms with E-state index in [1.165, 1.54) is 36.4 Å².